The standard InChI is InChI=1S/C13H16N2O5.ClH/c14-9(6-12(16)17)13(18)15-4-3-8-1-2-10-11(5-8)20-7-19-10;/h1-2,5,9H,3-4,6-7,14H2,(H,15,18)(H,16,17);1H/t9-;/m0./s1. The number of fused-ring (bicyclic) bond motifs is 1. The lowest BCUT2D eigenvalue weighted by atomic mass is 10.1. The van der Waals surface area contributed by atoms with Crippen LogP contribution in [0.15, 0.2) is 18.2 Å². The molecule has 4 N–H and O–H groups in total. The zero-order chi connectivity index (χ0) is 14.5. The van der Waals surface area contributed by atoms with E-state index in [-0.39, 0.29) is 25.6 Å². The van der Waals surface area contributed by atoms with Gasteiger partial charge in [0.2, 0.25) is 12.7 Å². The lowest BCUT2D eigenvalue weighted by molar-refractivity contribution is -0.139. The number of rotatable bonds is 6. The fraction of sp³-hybridized carbons (Fsp3) is 0.385. The van der Waals surface area contributed by atoms with Crippen molar-refractivity contribution in [3.05, 3.63) is 23.8 Å². The van der Waals surface area contributed by atoms with Crippen molar-refractivity contribution in [2.75, 3.05) is 13.3 Å². The van der Waals surface area contributed by atoms with E-state index in [0.29, 0.717) is 24.5 Å². The molecule has 1 aliphatic heterocycles. The van der Waals surface area contributed by atoms with Gasteiger partial charge in [0.15, 0.2) is 11.5 Å². The van der Waals surface area contributed by atoms with Crippen molar-refractivity contribution in [3.63, 3.8) is 0 Å². The highest BCUT2D eigenvalue weighted by atomic mass is 35.5. The molecule has 0 saturated carbocycles. The van der Waals surface area contributed by atoms with E-state index >= 15 is 0 Å². The second kappa shape index (κ2) is 7.70. The van der Waals surface area contributed by atoms with E-state index in [9.17, 15) is 9.59 Å². The molecule has 0 aliphatic carbocycles. The van der Waals surface area contributed by atoms with E-state index in [1.807, 2.05) is 18.2 Å². The molecule has 1 aromatic carbocycles. The minimum Gasteiger partial charge on any atom is -0.481 e. The Labute approximate surface area is 127 Å². The number of carboxylic acid groups (broad SMARTS) is 1. The summed E-state index contributed by atoms with van der Waals surface area (Å²) in [6, 6.07) is 4.53. The van der Waals surface area contributed by atoms with Gasteiger partial charge in [-0.2, -0.15) is 0 Å². The molecule has 0 aromatic heterocycles. The number of halogens is 1. The van der Waals surface area contributed by atoms with Gasteiger partial charge >= 0.3 is 5.97 Å². The van der Waals surface area contributed by atoms with Crippen LogP contribution in [0.3, 0.4) is 0 Å². The Morgan fingerprint density at radius 1 is 1.33 bits per heavy atom. The summed E-state index contributed by atoms with van der Waals surface area (Å²) < 4.78 is 10.5. The highest BCUT2D eigenvalue weighted by Crippen LogP contribution is 2.32. The van der Waals surface area contributed by atoms with Gasteiger partial charge in [0.05, 0.1) is 12.5 Å². The summed E-state index contributed by atoms with van der Waals surface area (Å²) in [5.74, 6) is -0.158. The first-order valence-corrected chi connectivity index (χ1v) is 6.20. The number of nitrogens with one attached hydrogen (secondary N) is 1. The summed E-state index contributed by atoms with van der Waals surface area (Å²) in [7, 11) is 0. The first-order chi connectivity index (χ1) is 9.56. The number of hydrogen-bond donors (Lipinski definition) is 3. The third-order valence-corrected chi connectivity index (χ3v) is 2.88. The lowest BCUT2D eigenvalue weighted by Gasteiger charge is -2.10. The van der Waals surface area contributed by atoms with Crippen molar-refractivity contribution in [3.8, 4) is 11.5 Å². The van der Waals surface area contributed by atoms with Crippen molar-refractivity contribution in [2.45, 2.75) is 18.9 Å². The van der Waals surface area contributed by atoms with Crippen molar-refractivity contribution < 1.29 is 24.2 Å². The number of carbonyl (C=O) groups is 2. The first kappa shape index (κ1) is 17.1. The third-order valence-electron chi connectivity index (χ3n) is 2.88. The third kappa shape index (κ3) is 4.80. The second-order valence-electron chi connectivity index (χ2n) is 4.43. The number of amides is 1. The molecule has 0 saturated heterocycles. The Bertz CT molecular complexity index is 523. The van der Waals surface area contributed by atoms with Gasteiger partial charge in [-0.15, -0.1) is 12.4 Å². The van der Waals surface area contributed by atoms with E-state index in [2.05, 4.69) is 5.32 Å². The summed E-state index contributed by atoms with van der Waals surface area (Å²) in [5.41, 5.74) is 6.43. The smallest absolute Gasteiger partial charge is 0.305 e. The molecule has 1 aromatic rings. The molecular formula is C13H17ClN2O5. The maximum atomic E-state index is 11.5. The molecule has 1 aliphatic rings. The van der Waals surface area contributed by atoms with Crippen LogP contribution in [0.25, 0.3) is 0 Å². The SMILES string of the molecule is Cl.N[C@@H](CC(=O)O)C(=O)NCCc1ccc2c(c1)OCO2. The molecule has 0 spiro atoms. The number of carboxylic acids is 1. The fourth-order valence-electron chi connectivity index (χ4n) is 1.84. The van der Waals surface area contributed by atoms with Crippen molar-refractivity contribution in [1.82, 2.24) is 5.32 Å². The Balaban J connectivity index is 0.00000220. The summed E-state index contributed by atoms with van der Waals surface area (Å²) in [5, 5.41) is 11.1. The molecule has 0 bridgehead atoms. The van der Waals surface area contributed by atoms with Crippen LogP contribution in [0, 0.1) is 0 Å². The molecule has 8 heteroatoms. The highest BCUT2D eigenvalue weighted by Gasteiger charge is 2.17. The van der Waals surface area contributed by atoms with Crippen LogP contribution >= 0.6 is 12.4 Å². The summed E-state index contributed by atoms with van der Waals surface area (Å²) in [6.45, 7) is 0.603. The normalized spacial score (nSPS) is 13.2. The predicted molar refractivity (Wildman–Crippen MR) is 76.8 cm³/mol. The van der Waals surface area contributed by atoms with Crippen LogP contribution in [-0.4, -0.2) is 36.4 Å². The number of ether oxygens (including phenoxy) is 2. The molecule has 7 nitrogen and oxygen atoms in total. The van der Waals surface area contributed by atoms with Crippen LogP contribution in [0.1, 0.15) is 12.0 Å². The topological polar surface area (TPSA) is 111 Å². The average Bonchev–Trinajstić information content (AvgIpc) is 2.85. The number of nitrogens with two attached hydrogens (primary N) is 1. The highest BCUT2D eigenvalue weighted by molar-refractivity contribution is 5.86. The van der Waals surface area contributed by atoms with Gasteiger partial charge in [0.25, 0.3) is 0 Å². The van der Waals surface area contributed by atoms with Gasteiger partial charge in [-0.05, 0) is 24.1 Å². The molecule has 1 heterocycles. The van der Waals surface area contributed by atoms with Gasteiger partial charge in [-0.3, -0.25) is 9.59 Å². The number of carbonyl (C=O) groups excluding carboxylic acids is 1. The molecule has 0 fully saturated rings. The zero-order valence-corrected chi connectivity index (χ0v) is 12.0. The van der Waals surface area contributed by atoms with Crippen LogP contribution < -0.4 is 20.5 Å². The summed E-state index contributed by atoms with van der Waals surface area (Å²) in [6.07, 6.45) is 0.220. The van der Waals surface area contributed by atoms with E-state index in [4.69, 9.17) is 20.3 Å². The lowest BCUT2D eigenvalue weighted by Crippen LogP contribution is -2.42. The van der Waals surface area contributed by atoms with Crippen LogP contribution in [0.5, 0.6) is 11.5 Å². The van der Waals surface area contributed by atoms with Crippen LogP contribution in [-0.2, 0) is 16.0 Å². The summed E-state index contributed by atoms with van der Waals surface area (Å²) >= 11 is 0. The Morgan fingerprint density at radius 2 is 2.05 bits per heavy atom. The molecular weight excluding hydrogens is 300 g/mol. The van der Waals surface area contributed by atoms with Crippen LogP contribution in [0.4, 0.5) is 0 Å². The Hall–Kier alpha value is -1.99. The van der Waals surface area contributed by atoms with E-state index in [0.717, 1.165) is 5.56 Å². The minimum atomic E-state index is -1.09. The van der Waals surface area contributed by atoms with Crippen molar-refractivity contribution >= 4 is 24.3 Å². The molecule has 0 radical (unpaired) electrons. The van der Waals surface area contributed by atoms with E-state index in [1.165, 1.54) is 0 Å². The quantitative estimate of drug-likeness (QED) is 0.696. The number of benzene rings is 1. The average molecular weight is 317 g/mol. The fourth-order valence-corrected chi connectivity index (χ4v) is 1.84. The molecule has 1 amide bonds. The molecule has 0 unspecified atom stereocenters. The first-order valence-electron chi connectivity index (χ1n) is 6.20. The second-order valence-corrected chi connectivity index (χ2v) is 4.43. The van der Waals surface area contributed by atoms with Gasteiger partial charge in [-0.25, -0.2) is 0 Å². The van der Waals surface area contributed by atoms with Gasteiger partial charge < -0.3 is 25.6 Å². The predicted octanol–water partition coefficient (Wildman–Crippen LogP) is 0.298. The largest absolute Gasteiger partial charge is 0.481 e. The van der Waals surface area contributed by atoms with Crippen molar-refractivity contribution in [2.24, 2.45) is 5.73 Å². The van der Waals surface area contributed by atoms with Gasteiger partial charge in [0, 0.05) is 6.54 Å². The maximum Gasteiger partial charge on any atom is 0.305 e. The maximum absolute atomic E-state index is 11.5. The summed E-state index contributed by atoms with van der Waals surface area (Å²) in [4.78, 5) is 21.9. The van der Waals surface area contributed by atoms with Gasteiger partial charge in [-0.1, -0.05) is 6.07 Å². The van der Waals surface area contributed by atoms with E-state index in [1.54, 1.807) is 0 Å². The van der Waals surface area contributed by atoms with Crippen molar-refractivity contribution in [1.29, 1.82) is 0 Å². The molecule has 1 atom stereocenters. The molecule has 2 rings (SSSR count). The molecule has 116 valence electrons. The molecule has 21 heavy (non-hydrogen) atoms. The van der Waals surface area contributed by atoms with Crippen LogP contribution in [0.2, 0.25) is 0 Å². The Morgan fingerprint density at radius 3 is 2.76 bits per heavy atom. The monoisotopic (exact) mass is 316 g/mol. The number of aliphatic carboxylic acids is 1. The minimum absolute atomic E-state index is 0. The number of hydrogen-bond acceptors (Lipinski definition) is 5. The van der Waals surface area contributed by atoms with Gasteiger partial charge in [0.1, 0.15) is 0 Å². The zero-order valence-electron chi connectivity index (χ0n) is 11.2. The van der Waals surface area contributed by atoms with E-state index < -0.39 is 17.9 Å². The Kier molecular flexibility index (Phi) is 6.26.